The van der Waals surface area contributed by atoms with Gasteiger partial charge in [-0.05, 0) is 36.1 Å². The zero-order valence-corrected chi connectivity index (χ0v) is 10.0. The zero-order chi connectivity index (χ0) is 12.4. The Kier molecular flexibility index (Phi) is 3.51. The largest absolute Gasteiger partial charge is 0.271 e. The fourth-order valence-electron chi connectivity index (χ4n) is 1.75. The molecule has 5 heteroatoms. The maximum absolute atomic E-state index is 13.6. The van der Waals surface area contributed by atoms with Gasteiger partial charge in [0, 0.05) is 10.4 Å². The molecule has 1 unspecified atom stereocenters. The molecule has 1 aromatic carbocycles. The SMILES string of the molecule is Cc1cc(C(NN)c2c(F)cccc2F)cs1. The van der Waals surface area contributed by atoms with Crippen molar-refractivity contribution in [3.8, 4) is 0 Å². The van der Waals surface area contributed by atoms with E-state index in [2.05, 4.69) is 5.43 Å². The van der Waals surface area contributed by atoms with Crippen molar-refractivity contribution in [1.29, 1.82) is 0 Å². The first-order chi connectivity index (χ1) is 8.13. The number of rotatable bonds is 3. The first-order valence-electron chi connectivity index (χ1n) is 5.08. The molecular formula is C12H12F2N2S. The summed E-state index contributed by atoms with van der Waals surface area (Å²) in [6.45, 7) is 1.93. The van der Waals surface area contributed by atoms with Crippen molar-refractivity contribution in [1.82, 2.24) is 5.43 Å². The third-order valence-electron chi connectivity index (χ3n) is 2.54. The average Bonchev–Trinajstić information content (AvgIpc) is 2.70. The van der Waals surface area contributed by atoms with E-state index < -0.39 is 17.7 Å². The van der Waals surface area contributed by atoms with E-state index in [9.17, 15) is 8.78 Å². The molecule has 0 aliphatic heterocycles. The highest BCUT2D eigenvalue weighted by Gasteiger charge is 2.21. The van der Waals surface area contributed by atoms with Gasteiger partial charge in [-0.25, -0.2) is 14.2 Å². The molecule has 0 spiro atoms. The van der Waals surface area contributed by atoms with E-state index in [0.717, 1.165) is 10.4 Å². The summed E-state index contributed by atoms with van der Waals surface area (Å²) in [5.74, 6) is 4.20. The molecule has 2 rings (SSSR count). The molecule has 1 heterocycles. The van der Waals surface area contributed by atoms with Gasteiger partial charge in [0.15, 0.2) is 0 Å². The number of halogens is 2. The second-order valence-corrected chi connectivity index (χ2v) is 4.84. The van der Waals surface area contributed by atoms with Crippen molar-refractivity contribution in [2.75, 3.05) is 0 Å². The minimum absolute atomic E-state index is 0.0483. The molecule has 0 aliphatic rings. The number of hydrazine groups is 1. The van der Waals surface area contributed by atoms with Crippen LogP contribution in [0.25, 0.3) is 0 Å². The first-order valence-corrected chi connectivity index (χ1v) is 5.96. The Labute approximate surface area is 102 Å². The standard InChI is InChI=1S/C12H12F2N2S/c1-7-5-8(6-17-7)12(16-15)11-9(13)3-2-4-10(11)14/h2-6,12,16H,15H2,1H3. The van der Waals surface area contributed by atoms with Gasteiger partial charge in [0.2, 0.25) is 0 Å². The van der Waals surface area contributed by atoms with Crippen LogP contribution in [0, 0.1) is 18.6 Å². The van der Waals surface area contributed by atoms with Crippen LogP contribution >= 0.6 is 11.3 Å². The van der Waals surface area contributed by atoms with E-state index >= 15 is 0 Å². The molecule has 0 saturated carbocycles. The number of benzene rings is 1. The molecule has 0 aliphatic carbocycles. The van der Waals surface area contributed by atoms with Gasteiger partial charge in [0.05, 0.1) is 6.04 Å². The van der Waals surface area contributed by atoms with Crippen LogP contribution in [0.3, 0.4) is 0 Å². The molecule has 0 fully saturated rings. The minimum Gasteiger partial charge on any atom is -0.271 e. The minimum atomic E-state index is -0.666. The van der Waals surface area contributed by atoms with E-state index in [4.69, 9.17) is 5.84 Å². The predicted octanol–water partition coefficient (Wildman–Crippen LogP) is 2.89. The van der Waals surface area contributed by atoms with Crippen LogP contribution in [0.15, 0.2) is 29.6 Å². The van der Waals surface area contributed by atoms with Crippen LogP contribution in [0.5, 0.6) is 0 Å². The van der Waals surface area contributed by atoms with E-state index in [1.165, 1.54) is 29.5 Å². The molecule has 0 bridgehead atoms. The highest BCUT2D eigenvalue weighted by atomic mass is 32.1. The lowest BCUT2D eigenvalue weighted by Crippen LogP contribution is -2.30. The van der Waals surface area contributed by atoms with Crippen molar-refractivity contribution in [2.24, 2.45) is 5.84 Å². The lowest BCUT2D eigenvalue weighted by molar-refractivity contribution is 0.511. The molecule has 90 valence electrons. The molecule has 2 nitrogen and oxygen atoms in total. The van der Waals surface area contributed by atoms with Gasteiger partial charge in [-0.3, -0.25) is 5.84 Å². The third kappa shape index (κ3) is 2.36. The first kappa shape index (κ1) is 12.2. The summed E-state index contributed by atoms with van der Waals surface area (Å²) in [5, 5.41) is 1.84. The van der Waals surface area contributed by atoms with Gasteiger partial charge in [0.25, 0.3) is 0 Å². The summed E-state index contributed by atoms with van der Waals surface area (Å²) in [6.07, 6.45) is 0. The number of thiophene rings is 1. The molecule has 3 N–H and O–H groups in total. The van der Waals surface area contributed by atoms with E-state index in [0.29, 0.717) is 0 Å². The molecular weight excluding hydrogens is 242 g/mol. The van der Waals surface area contributed by atoms with E-state index in [1.807, 2.05) is 18.4 Å². The highest BCUT2D eigenvalue weighted by molar-refractivity contribution is 7.10. The summed E-state index contributed by atoms with van der Waals surface area (Å²) >= 11 is 1.51. The van der Waals surface area contributed by atoms with Gasteiger partial charge >= 0.3 is 0 Å². The average molecular weight is 254 g/mol. The molecule has 1 aromatic heterocycles. The lowest BCUT2D eigenvalue weighted by atomic mass is 10.0. The quantitative estimate of drug-likeness (QED) is 0.653. The maximum atomic E-state index is 13.6. The second-order valence-electron chi connectivity index (χ2n) is 3.73. The molecule has 0 amide bonds. The molecule has 2 aromatic rings. The van der Waals surface area contributed by atoms with Crippen LogP contribution in [0.4, 0.5) is 8.78 Å². The van der Waals surface area contributed by atoms with E-state index in [-0.39, 0.29) is 5.56 Å². The summed E-state index contributed by atoms with van der Waals surface area (Å²) in [6, 6.07) is 4.98. The van der Waals surface area contributed by atoms with Gasteiger partial charge in [-0.15, -0.1) is 11.3 Å². The maximum Gasteiger partial charge on any atom is 0.131 e. The summed E-state index contributed by atoms with van der Waals surface area (Å²) in [4.78, 5) is 1.07. The Bertz CT molecular complexity index is 505. The van der Waals surface area contributed by atoms with Crippen LogP contribution in [0.2, 0.25) is 0 Å². The van der Waals surface area contributed by atoms with Gasteiger partial charge in [-0.2, -0.15) is 0 Å². The smallest absolute Gasteiger partial charge is 0.131 e. The van der Waals surface area contributed by atoms with Crippen LogP contribution in [-0.4, -0.2) is 0 Å². The molecule has 0 saturated heterocycles. The molecule has 17 heavy (non-hydrogen) atoms. The van der Waals surface area contributed by atoms with Gasteiger partial charge < -0.3 is 0 Å². The Morgan fingerprint density at radius 1 is 1.29 bits per heavy atom. The number of nitrogens with one attached hydrogen (secondary N) is 1. The Balaban J connectivity index is 2.49. The number of hydrogen-bond donors (Lipinski definition) is 2. The summed E-state index contributed by atoms with van der Waals surface area (Å²) in [7, 11) is 0. The molecule has 1 atom stereocenters. The van der Waals surface area contributed by atoms with Gasteiger partial charge in [-0.1, -0.05) is 6.07 Å². The monoisotopic (exact) mass is 254 g/mol. The third-order valence-corrected chi connectivity index (χ3v) is 3.42. The second kappa shape index (κ2) is 4.91. The lowest BCUT2D eigenvalue weighted by Gasteiger charge is -2.16. The predicted molar refractivity (Wildman–Crippen MR) is 64.6 cm³/mol. The van der Waals surface area contributed by atoms with Crippen molar-refractivity contribution in [2.45, 2.75) is 13.0 Å². The van der Waals surface area contributed by atoms with Gasteiger partial charge in [0.1, 0.15) is 11.6 Å². The number of nitrogens with two attached hydrogens (primary N) is 1. The Hall–Kier alpha value is -1.30. The van der Waals surface area contributed by atoms with E-state index in [1.54, 1.807) is 0 Å². The van der Waals surface area contributed by atoms with Crippen LogP contribution in [0.1, 0.15) is 22.0 Å². The Morgan fingerprint density at radius 3 is 2.41 bits per heavy atom. The zero-order valence-electron chi connectivity index (χ0n) is 9.21. The number of aryl methyl sites for hydroxylation is 1. The van der Waals surface area contributed by atoms with Crippen molar-refractivity contribution < 1.29 is 8.78 Å². The Morgan fingerprint density at radius 2 is 1.94 bits per heavy atom. The van der Waals surface area contributed by atoms with Crippen LogP contribution < -0.4 is 11.3 Å². The summed E-state index contributed by atoms with van der Waals surface area (Å²) < 4.78 is 27.3. The number of hydrogen-bond acceptors (Lipinski definition) is 3. The topological polar surface area (TPSA) is 38.0 Å². The van der Waals surface area contributed by atoms with Crippen molar-refractivity contribution in [3.05, 3.63) is 57.3 Å². The molecule has 0 radical (unpaired) electrons. The summed E-state index contributed by atoms with van der Waals surface area (Å²) in [5.41, 5.74) is 3.17. The highest BCUT2D eigenvalue weighted by Crippen LogP contribution is 2.29. The fourth-order valence-corrected chi connectivity index (χ4v) is 2.48. The van der Waals surface area contributed by atoms with Crippen LogP contribution in [-0.2, 0) is 0 Å². The fraction of sp³-hybridized carbons (Fsp3) is 0.167. The normalized spacial score (nSPS) is 12.7. The van der Waals surface area contributed by atoms with Crippen molar-refractivity contribution in [3.63, 3.8) is 0 Å². The van der Waals surface area contributed by atoms with Crippen molar-refractivity contribution >= 4 is 11.3 Å².